The fourth-order valence-electron chi connectivity index (χ4n) is 4.03. The average molecular weight is 485 g/mol. The topological polar surface area (TPSA) is 107 Å². The first-order valence-electron chi connectivity index (χ1n) is 11.5. The number of pyridine rings is 2. The van der Waals surface area contributed by atoms with Crippen LogP contribution in [0.15, 0.2) is 60.7 Å². The summed E-state index contributed by atoms with van der Waals surface area (Å²) in [5.74, 6) is 0.163. The van der Waals surface area contributed by atoms with Gasteiger partial charge in [0.15, 0.2) is 11.5 Å². The van der Waals surface area contributed by atoms with Gasteiger partial charge in [0.25, 0.3) is 5.91 Å². The highest BCUT2D eigenvalue weighted by atomic mass is 35.5. The molecule has 1 aliphatic carbocycles. The lowest BCUT2D eigenvalue weighted by molar-refractivity contribution is 0.0935. The molecule has 8 heteroatoms. The maximum absolute atomic E-state index is 13.3. The Morgan fingerprint density at radius 3 is 2.43 bits per heavy atom. The normalized spacial score (nSPS) is 13.9. The van der Waals surface area contributed by atoms with Crippen molar-refractivity contribution < 1.29 is 4.79 Å². The molecule has 3 aromatic heterocycles. The van der Waals surface area contributed by atoms with Crippen molar-refractivity contribution in [3.8, 4) is 22.5 Å². The number of nitrogens with one attached hydrogen (secondary N) is 1. The van der Waals surface area contributed by atoms with E-state index in [1.807, 2.05) is 68.4 Å². The molecule has 0 aliphatic heterocycles. The standard InChI is InChI=1S/C27H25ClN6O/c1-15-13-19(14-22(28)30-15)24-23(18-7-4-3-5-8-18)34-26(29)25(33-24)27(35)31-16(2)20-9-6-10-21(32-20)17-11-12-17/h3-10,13-14,16-17H,11-12H2,1-2H3,(H2,29,34)(H,31,35)/t16-/m0/s1. The van der Waals surface area contributed by atoms with Crippen LogP contribution in [0.4, 0.5) is 5.82 Å². The Kier molecular flexibility index (Phi) is 6.17. The number of nitrogens with zero attached hydrogens (tertiary/aromatic N) is 4. The van der Waals surface area contributed by atoms with Gasteiger partial charge in [0.1, 0.15) is 5.15 Å². The molecule has 1 aromatic carbocycles. The second kappa shape index (κ2) is 9.43. The van der Waals surface area contributed by atoms with Gasteiger partial charge >= 0.3 is 0 Å². The van der Waals surface area contributed by atoms with Crippen molar-refractivity contribution in [2.24, 2.45) is 0 Å². The minimum atomic E-state index is -0.418. The van der Waals surface area contributed by atoms with Gasteiger partial charge in [-0.15, -0.1) is 0 Å². The highest BCUT2D eigenvalue weighted by Crippen LogP contribution is 2.39. The first-order valence-corrected chi connectivity index (χ1v) is 11.9. The van der Waals surface area contributed by atoms with Crippen LogP contribution in [0, 0.1) is 6.92 Å². The smallest absolute Gasteiger partial charge is 0.274 e. The number of hydrogen-bond donors (Lipinski definition) is 2. The molecule has 0 bridgehead atoms. The number of carbonyl (C=O) groups excluding carboxylic acids is 1. The number of hydrogen-bond acceptors (Lipinski definition) is 6. The van der Waals surface area contributed by atoms with Gasteiger partial charge in [-0.2, -0.15) is 0 Å². The Balaban J connectivity index is 1.52. The molecule has 1 amide bonds. The highest BCUT2D eigenvalue weighted by molar-refractivity contribution is 6.29. The minimum absolute atomic E-state index is 0.0499. The summed E-state index contributed by atoms with van der Waals surface area (Å²) in [7, 11) is 0. The molecule has 5 rings (SSSR count). The third-order valence-electron chi connectivity index (χ3n) is 5.96. The van der Waals surface area contributed by atoms with Crippen molar-refractivity contribution in [1.82, 2.24) is 25.3 Å². The lowest BCUT2D eigenvalue weighted by Crippen LogP contribution is -2.29. The number of carbonyl (C=O) groups is 1. The molecule has 0 radical (unpaired) electrons. The molecule has 0 spiro atoms. The maximum atomic E-state index is 13.3. The second-order valence-corrected chi connectivity index (χ2v) is 9.18. The number of nitrogens with two attached hydrogens (primary N) is 1. The van der Waals surface area contributed by atoms with Crippen LogP contribution in [0.1, 0.15) is 59.3 Å². The highest BCUT2D eigenvalue weighted by Gasteiger charge is 2.26. The molecule has 4 aromatic rings. The van der Waals surface area contributed by atoms with Crippen LogP contribution in [-0.2, 0) is 0 Å². The van der Waals surface area contributed by atoms with E-state index in [4.69, 9.17) is 27.3 Å². The largest absolute Gasteiger partial charge is 0.382 e. The number of rotatable bonds is 6. The van der Waals surface area contributed by atoms with Crippen molar-refractivity contribution >= 4 is 23.3 Å². The molecule has 1 aliphatic rings. The van der Waals surface area contributed by atoms with E-state index in [0.717, 1.165) is 22.6 Å². The Labute approximate surface area is 208 Å². The molecule has 3 heterocycles. The van der Waals surface area contributed by atoms with E-state index >= 15 is 0 Å². The summed E-state index contributed by atoms with van der Waals surface area (Å²) >= 11 is 6.24. The summed E-state index contributed by atoms with van der Waals surface area (Å²) in [6.45, 7) is 3.74. The van der Waals surface area contributed by atoms with Crippen LogP contribution in [0.2, 0.25) is 5.15 Å². The first kappa shape index (κ1) is 22.9. The summed E-state index contributed by atoms with van der Waals surface area (Å²) in [5.41, 5.74) is 11.5. The summed E-state index contributed by atoms with van der Waals surface area (Å²) < 4.78 is 0. The Morgan fingerprint density at radius 2 is 1.71 bits per heavy atom. The van der Waals surface area contributed by atoms with E-state index in [1.165, 1.54) is 12.8 Å². The number of benzene rings is 1. The van der Waals surface area contributed by atoms with Crippen LogP contribution in [0.25, 0.3) is 22.5 Å². The predicted octanol–water partition coefficient (Wildman–Crippen LogP) is 5.51. The number of aromatic nitrogens is 4. The summed E-state index contributed by atoms with van der Waals surface area (Å²) in [6, 6.07) is 18.8. The number of anilines is 1. The second-order valence-electron chi connectivity index (χ2n) is 8.80. The number of amides is 1. The lowest BCUT2D eigenvalue weighted by Gasteiger charge is -2.17. The minimum Gasteiger partial charge on any atom is -0.382 e. The van der Waals surface area contributed by atoms with Crippen molar-refractivity contribution in [2.75, 3.05) is 5.73 Å². The molecule has 35 heavy (non-hydrogen) atoms. The SMILES string of the molecule is Cc1cc(-c2nc(C(=O)N[C@@H](C)c3cccc(C4CC4)n3)c(N)nc2-c2ccccc2)cc(Cl)n1. The van der Waals surface area contributed by atoms with E-state index in [0.29, 0.717) is 28.0 Å². The lowest BCUT2D eigenvalue weighted by atomic mass is 10.0. The third-order valence-corrected chi connectivity index (χ3v) is 6.15. The van der Waals surface area contributed by atoms with E-state index in [-0.39, 0.29) is 17.6 Å². The van der Waals surface area contributed by atoms with Gasteiger partial charge in [0, 0.05) is 28.4 Å². The molecule has 7 nitrogen and oxygen atoms in total. The molecular formula is C27H25ClN6O. The zero-order chi connectivity index (χ0) is 24.5. The van der Waals surface area contributed by atoms with Crippen molar-refractivity contribution in [1.29, 1.82) is 0 Å². The summed E-state index contributed by atoms with van der Waals surface area (Å²) in [5, 5.41) is 3.31. The molecule has 0 unspecified atom stereocenters. The van der Waals surface area contributed by atoms with E-state index in [1.54, 1.807) is 6.07 Å². The van der Waals surface area contributed by atoms with E-state index < -0.39 is 5.91 Å². The van der Waals surface area contributed by atoms with Crippen molar-refractivity contribution in [2.45, 2.75) is 38.6 Å². The fraction of sp³-hybridized carbons (Fsp3) is 0.222. The van der Waals surface area contributed by atoms with Gasteiger partial charge in [0.2, 0.25) is 0 Å². The van der Waals surface area contributed by atoms with E-state index in [9.17, 15) is 4.79 Å². The fourth-order valence-corrected chi connectivity index (χ4v) is 4.29. The van der Waals surface area contributed by atoms with Crippen LogP contribution in [0.5, 0.6) is 0 Å². The predicted molar refractivity (Wildman–Crippen MR) is 137 cm³/mol. The average Bonchev–Trinajstić information content (AvgIpc) is 3.69. The molecule has 0 saturated heterocycles. The van der Waals surface area contributed by atoms with Crippen molar-refractivity contribution in [3.63, 3.8) is 0 Å². The number of halogens is 1. The molecule has 1 fully saturated rings. The zero-order valence-corrected chi connectivity index (χ0v) is 20.3. The molecular weight excluding hydrogens is 460 g/mol. The van der Waals surface area contributed by atoms with Crippen LogP contribution in [-0.4, -0.2) is 25.8 Å². The zero-order valence-electron chi connectivity index (χ0n) is 19.5. The number of aryl methyl sites for hydroxylation is 1. The van der Waals surface area contributed by atoms with Crippen molar-refractivity contribution in [3.05, 3.63) is 88.6 Å². The Hall–Kier alpha value is -3.84. The quantitative estimate of drug-likeness (QED) is 0.349. The third kappa shape index (κ3) is 5.00. The summed E-state index contributed by atoms with van der Waals surface area (Å²) in [4.78, 5) is 31.6. The van der Waals surface area contributed by atoms with Crippen LogP contribution >= 0.6 is 11.6 Å². The summed E-state index contributed by atoms with van der Waals surface area (Å²) in [6.07, 6.45) is 2.33. The van der Waals surface area contributed by atoms with Gasteiger partial charge < -0.3 is 11.1 Å². The number of nitrogen functional groups attached to an aromatic ring is 1. The molecule has 1 saturated carbocycles. The molecule has 1 atom stereocenters. The van der Waals surface area contributed by atoms with Crippen LogP contribution in [0.3, 0.4) is 0 Å². The van der Waals surface area contributed by atoms with Crippen LogP contribution < -0.4 is 11.1 Å². The van der Waals surface area contributed by atoms with Gasteiger partial charge in [-0.05, 0) is 51.0 Å². The first-order chi connectivity index (χ1) is 16.9. The van der Waals surface area contributed by atoms with Gasteiger partial charge in [-0.1, -0.05) is 48.0 Å². The van der Waals surface area contributed by atoms with Gasteiger partial charge in [0.05, 0.1) is 23.1 Å². The molecule has 176 valence electrons. The Morgan fingerprint density at radius 1 is 0.971 bits per heavy atom. The maximum Gasteiger partial charge on any atom is 0.274 e. The monoisotopic (exact) mass is 484 g/mol. The van der Waals surface area contributed by atoms with E-state index in [2.05, 4.69) is 15.3 Å². The van der Waals surface area contributed by atoms with Gasteiger partial charge in [-0.25, -0.2) is 15.0 Å². The van der Waals surface area contributed by atoms with Gasteiger partial charge in [-0.3, -0.25) is 9.78 Å². The molecule has 3 N–H and O–H groups in total. The Bertz CT molecular complexity index is 1380.